The summed E-state index contributed by atoms with van der Waals surface area (Å²) in [4.78, 5) is 10.2. The van der Waals surface area contributed by atoms with Crippen molar-refractivity contribution in [2.45, 2.75) is 9.79 Å². The van der Waals surface area contributed by atoms with Crippen molar-refractivity contribution in [1.82, 2.24) is 4.98 Å². The van der Waals surface area contributed by atoms with Gasteiger partial charge in [0.2, 0.25) is 6.71 Å². The molecule has 2 aliphatic heterocycles. The Morgan fingerprint density at radius 3 is 2.08 bits per heavy atom. The number of fused-ring (bicyclic) bond motifs is 4. The van der Waals surface area contributed by atoms with Gasteiger partial charge in [-0.1, -0.05) is 108 Å². The van der Waals surface area contributed by atoms with Crippen LogP contribution in [0.4, 0.5) is 17.1 Å². The zero-order chi connectivity index (χ0) is 25.8. The minimum atomic E-state index is 0.167. The zero-order valence-electron chi connectivity index (χ0n) is 21.2. The second-order valence-electron chi connectivity index (χ2n) is 9.95. The van der Waals surface area contributed by atoms with Crippen molar-refractivity contribution in [2.75, 3.05) is 4.90 Å². The van der Waals surface area contributed by atoms with Crippen molar-refractivity contribution < 1.29 is 0 Å². The van der Waals surface area contributed by atoms with E-state index >= 15 is 0 Å². The Labute approximate surface area is 233 Å². The van der Waals surface area contributed by atoms with Gasteiger partial charge in [0.05, 0.1) is 11.4 Å². The molecule has 0 radical (unpaired) electrons. The van der Waals surface area contributed by atoms with E-state index in [1.54, 1.807) is 0 Å². The Kier molecular flexibility index (Phi) is 5.20. The monoisotopic (exact) mass is 514 g/mol. The maximum atomic E-state index is 5.17. The van der Waals surface area contributed by atoms with E-state index in [0.29, 0.717) is 0 Å². The van der Waals surface area contributed by atoms with Crippen molar-refractivity contribution in [1.29, 1.82) is 0 Å². The molecule has 0 fully saturated rings. The van der Waals surface area contributed by atoms with Crippen LogP contribution in [0.25, 0.3) is 22.5 Å². The third-order valence-corrected chi connectivity index (χ3v) is 8.98. The van der Waals surface area contributed by atoms with Crippen LogP contribution in [0.3, 0.4) is 0 Å². The van der Waals surface area contributed by atoms with E-state index in [1.165, 1.54) is 48.8 Å². The molecule has 0 saturated heterocycles. The minimum absolute atomic E-state index is 0.167. The van der Waals surface area contributed by atoms with Crippen molar-refractivity contribution >= 4 is 51.9 Å². The molecule has 0 saturated carbocycles. The highest BCUT2D eigenvalue weighted by Gasteiger charge is 2.41. The number of para-hydroxylation sites is 2. The van der Waals surface area contributed by atoms with Gasteiger partial charge in [0, 0.05) is 38.0 Å². The van der Waals surface area contributed by atoms with Gasteiger partial charge in [-0.15, -0.1) is 0 Å². The van der Waals surface area contributed by atoms with Crippen LogP contribution in [0.15, 0.2) is 149 Å². The van der Waals surface area contributed by atoms with E-state index in [2.05, 4.69) is 138 Å². The third-order valence-electron chi connectivity index (χ3n) is 7.74. The van der Waals surface area contributed by atoms with Gasteiger partial charge in [0.25, 0.3) is 0 Å². The lowest BCUT2D eigenvalue weighted by Crippen LogP contribution is -2.59. The number of hydrogen-bond donors (Lipinski definition) is 0. The van der Waals surface area contributed by atoms with Crippen LogP contribution in [-0.2, 0) is 0 Å². The van der Waals surface area contributed by atoms with Crippen molar-refractivity contribution in [3.8, 4) is 22.5 Å². The van der Waals surface area contributed by atoms with Gasteiger partial charge in [-0.2, -0.15) is 0 Å². The highest BCUT2D eigenvalue weighted by atomic mass is 32.2. The molecule has 39 heavy (non-hydrogen) atoms. The molecule has 0 amide bonds. The maximum absolute atomic E-state index is 5.17. The summed E-state index contributed by atoms with van der Waals surface area (Å²) >= 11 is 1.88. The fraction of sp³-hybridized carbons (Fsp3) is 0. The van der Waals surface area contributed by atoms with E-state index in [9.17, 15) is 0 Å². The van der Waals surface area contributed by atoms with Gasteiger partial charge >= 0.3 is 0 Å². The molecular formula is C35H23BN2S. The van der Waals surface area contributed by atoms with E-state index in [4.69, 9.17) is 4.98 Å². The first-order valence-electron chi connectivity index (χ1n) is 13.3. The predicted molar refractivity (Wildman–Crippen MR) is 165 cm³/mol. The molecule has 6 aromatic rings. The molecular weight excluding hydrogens is 491 g/mol. The van der Waals surface area contributed by atoms with E-state index in [1.807, 2.05) is 17.8 Å². The maximum Gasteiger partial charge on any atom is 0.249 e. The second kappa shape index (κ2) is 9.04. The molecule has 8 rings (SSSR count). The molecule has 4 heteroatoms. The van der Waals surface area contributed by atoms with Crippen LogP contribution in [0.5, 0.6) is 0 Å². The first kappa shape index (κ1) is 22.4. The normalized spacial score (nSPS) is 12.9. The topological polar surface area (TPSA) is 16.1 Å². The Bertz CT molecular complexity index is 1850. The van der Waals surface area contributed by atoms with Gasteiger partial charge in [-0.05, 0) is 59.5 Å². The highest BCUT2D eigenvalue weighted by Crippen LogP contribution is 2.44. The van der Waals surface area contributed by atoms with Gasteiger partial charge in [0.15, 0.2) is 0 Å². The minimum Gasteiger partial charge on any atom is -0.311 e. The summed E-state index contributed by atoms with van der Waals surface area (Å²) in [7, 11) is 0. The van der Waals surface area contributed by atoms with Crippen LogP contribution in [-0.4, -0.2) is 11.7 Å². The Morgan fingerprint density at radius 2 is 1.23 bits per heavy atom. The van der Waals surface area contributed by atoms with Gasteiger partial charge in [-0.25, -0.2) is 4.98 Å². The molecule has 1 aromatic heterocycles. The average Bonchev–Trinajstić information content (AvgIpc) is 3.02. The van der Waals surface area contributed by atoms with Crippen LogP contribution in [0.2, 0.25) is 0 Å². The van der Waals surface area contributed by atoms with Crippen LogP contribution < -0.4 is 21.3 Å². The van der Waals surface area contributed by atoms with Gasteiger partial charge < -0.3 is 4.90 Å². The smallest absolute Gasteiger partial charge is 0.249 e. The zero-order valence-corrected chi connectivity index (χ0v) is 22.0. The number of pyridine rings is 1. The highest BCUT2D eigenvalue weighted by molar-refractivity contribution is 8.00. The number of nitrogens with zero attached hydrogens (tertiary/aromatic N) is 2. The first-order chi connectivity index (χ1) is 19.4. The summed E-state index contributed by atoms with van der Waals surface area (Å²) in [5, 5.41) is 0. The lowest BCUT2D eigenvalue weighted by molar-refractivity contribution is 1.25. The van der Waals surface area contributed by atoms with Crippen molar-refractivity contribution in [2.24, 2.45) is 0 Å². The number of hydrogen-bond acceptors (Lipinski definition) is 3. The first-order valence-corrected chi connectivity index (χ1v) is 14.1. The molecule has 0 aliphatic carbocycles. The molecule has 3 heterocycles. The standard InChI is InChI=1S/C35H23BN2S/c1-3-12-24(13-4-1)29-18-11-19-30(37-29)26-22-23-32-34-35(26)39-33-21-10-8-17-28(33)36(34)27-16-7-9-20-31(27)38(32)25-14-5-2-6-15-25/h1-23H. The predicted octanol–water partition coefficient (Wildman–Crippen LogP) is 7.18. The third kappa shape index (κ3) is 3.56. The van der Waals surface area contributed by atoms with Gasteiger partial charge in [0.1, 0.15) is 0 Å². The molecule has 0 spiro atoms. The van der Waals surface area contributed by atoms with Crippen molar-refractivity contribution in [3.63, 3.8) is 0 Å². The Morgan fingerprint density at radius 1 is 0.538 bits per heavy atom. The van der Waals surface area contributed by atoms with Gasteiger partial charge in [-0.3, -0.25) is 0 Å². The largest absolute Gasteiger partial charge is 0.311 e. The van der Waals surface area contributed by atoms with E-state index in [-0.39, 0.29) is 6.71 Å². The Hall–Kier alpha value is -4.54. The van der Waals surface area contributed by atoms with E-state index in [0.717, 1.165) is 17.0 Å². The number of benzene rings is 5. The summed E-state index contributed by atoms with van der Waals surface area (Å²) in [6.07, 6.45) is 0. The lowest BCUT2D eigenvalue weighted by Gasteiger charge is -2.40. The molecule has 2 aliphatic rings. The molecule has 0 atom stereocenters. The SMILES string of the molecule is c1ccc(-c2cccc(-c3ccc4c5c3Sc3ccccc3B5c3ccccc3N4c3ccccc3)n2)cc1. The van der Waals surface area contributed by atoms with Crippen molar-refractivity contribution in [3.05, 3.63) is 140 Å². The molecule has 0 N–H and O–H groups in total. The molecule has 5 aromatic carbocycles. The second-order valence-corrected chi connectivity index (χ2v) is 11.0. The van der Waals surface area contributed by atoms with E-state index < -0.39 is 0 Å². The fourth-order valence-electron chi connectivity index (χ4n) is 6.05. The molecule has 0 unspecified atom stereocenters. The summed E-state index contributed by atoms with van der Waals surface area (Å²) in [6.45, 7) is 0.167. The summed E-state index contributed by atoms with van der Waals surface area (Å²) in [5.74, 6) is 0. The summed E-state index contributed by atoms with van der Waals surface area (Å²) in [5.41, 5.74) is 12.0. The molecule has 0 bridgehead atoms. The molecule has 2 nitrogen and oxygen atoms in total. The molecule has 182 valence electrons. The quantitative estimate of drug-likeness (QED) is 0.233. The van der Waals surface area contributed by atoms with Crippen LogP contribution in [0.1, 0.15) is 0 Å². The Balaban J connectivity index is 1.40. The lowest BCUT2D eigenvalue weighted by atomic mass is 9.34. The number of aromatic nitrogens is 1. The number of anilines is 3. The fourth-order valence-corrected chi connectivity index (χ4v) is 7.34. The summed E-state index contributed by atoms with van der Waals surface area (Å²) in [6, 6.07) is 49.9. The average molecular weight is 514 g/mol. The van der Waals surface area contributed by atoms with Crippen LogP contribution >= 0.6 is 11.8 Å². The summed E-state index contributed by atoms with van der Waals surface area (Å²) < 4.78 is 0. The number of rotatable bonds is 3. The van der Waals surface area contributed by atoms with Crippen LogP contribution in [0, 0.1) is 0 Å².